The zero-order valence-corrected chi connectivity index (χ0v) is 38.0. The van der Waals surface area contributed by atoms with E-state index in [4.69, 9.17) is 41.6 Å². The molecule has 0 radical (unpaired) electrons. The number of imidazole rings is 2. The third-order valence-electron chi connectivity index (χ3n) is 8.37. The fourth-order valence-electron chi connectivity index (χ4n) is 5.69. The van der Waals surface area contributed by atoms with E-state index in [2.05, 4.69) is 62.6 Å². The van der Waals surface area contributed by atoms with Crippen LogP contribution in [0.4, 0.5) is 11.6 Å². The van der Waals surface area contributed by atoms with Gasteiger partial charge < -0.3 is 86.5 Å². The Labute approximate surface area is 362 Å². The first-order valence-corrected chi connectivity index (χ1v) is 27.6. The summed E-state index contributed by atoms with van der Waals surface area (Å²) in [6, 6.07) is 0. The third-order valence-corrected chi connectivity index (χ3v) is 20.2. The highest BCUT2D eigenvalue weighted by molar-refractivity contribution is 8.33. The fraction of sp³-hybridized carbons (Fsp3) is 0.600. The first kappa shape index (κ1) is 48.3. The van der Waals surface area contributed by atoms with Crippen LogP contribution in [0.15, 0.2) is 23.0 Å². The van der Waals surface area contributed by atoms with E-state index in [1.54, 1.807) is 0 Å². The molecule has 0 aromatic carbocycles. The smallest absolute Gasteiger partial charge is 0.204 e. The molecule has 2 aliphatic heterocycles. The zero-order chi connectivity index (χ0) is 44.1. The standard InChI is InChI=1S/C25H37ClN10O16P4S4/c1-3-59-24-31-17(27)11-19(33-24)35(7-29-11)21-15(39)13(37)9(49-21)5-47-55(45,57)51-53(41,42)23(26)54(43,44)52-56(46,58)48-6-10-14(38)16(40)22(50-10)36-8-30-12-18(28)32-25(60-4-2)34-20(12)36/h7-10,13-16,21-23,37-40H,3-6H2,1-2H3,(H,41,42)(H,43,44)(H,45,57)(H,46,58)(H2,27,31,33)(H2,28,32,34)/p-4/t9-,10-,13-,14-,15-,16-,21-,22-,23?,55?,56?/m1/s1. The van der Waals surface area contributed by atoms with Crippen molar-refractivity contribution in [3.8, 4) is 0 Å². The van der Waals surface area contributed by atoms with Crippen LogP contribution in [0.25, 0.3) is 22.3 Å². The van der Waals surface area contributed by atoms with E-state index < -0.39 is 95.9 Å². The molecule has 2 aliphatic rings. The van der Waals surface area contributed by atoms with Gasteiger partial charge >= 0.3 is 0 Å². The van der Waals surface area contributed by atoms with E-state index in [0.717, 1.165) is 0 Å². The maximum absolute atomic E-state index is 12.9. The topological polar surface area (TPSA) is 396 Å². The number of nitrogen functional groups attached to an aromatic ring is 2. The van der Waals surface area contributed by atoms with Gasteiger partial charge in [0.15, 0.2) is 65.7 Å². The first-order valence-electron chi connectivity index (χ1n) is 16.9. The number of thioether (sulfide) groups is 2. The lowest BCUT2D eigenvalue weighted by Crippen LogP contribution is -2.34. The van der Waals surface area contributed by atoms with Crippen molar-refractivity contribution >= 4 is 122 Å². The van der Waals surface area contributed by atoms with Gasteiger partial charge in [-0.05, 0) is 11.5 Å². The molecule has 6 rings (SSSR count). The molecule has 8 N–H and O–H groups in total. The van der Waals surface area contributed by atoms with E-state index in [0.29, 0.717) is 11.5 Å². The molecule has 0 amide bonds. The number of aromatic nitrogens is 8. The molecule has 4 aromatic heterocycles. The Morgan fingerprint density at radius 3 is 1.65 bits per heavy atom. The summed E-state index contributed by atoms with van der Waals surface area (Å²) in [7, 11) is -12.3. The molecule has 5 unspecified atom stereocenters. The van der Waals surface area contributed by atoms with E-state index in [1.807, 2.05) is 13.8 Å². The number of rotatable bonds is 18. The molecular formula is C25H33ClN10O16P4S4-4. The Bertz CT molecular complexity index is 2270. The van der Waals surface area contributed by atoms with Gasteiger partial charge in [0.05, 0.1) is 25.9 Å². The van der Waals surface area contributed by atoms with Crippen LogP contribution in [-0.2, 0) is 64.9 Å². The van der Waals surface area contributed by atoms with Crippen LogP contribution in [0.2, 0.25) is 0 Å². The van der Waals surface area contributed by atoms with Gasteiger partial charge in [0.1, 0.15) is 54.4 Å². The molecule has 4 aromatic rings. The van der Waals surface area contributed by atoms with Crippen LogP contribution < -0.4 is 26.1 Å². The number of alkyl halides is 1. The Balaban J connectivity index is 1.05. The summed E-state index contributed by atoms with van der Waals surface area (Å²) in [5.74, 6) is 1.25. The second-order valence-corrected chi connectivity index (χ2v) is 25.8. The number of aliphatic hydroxyl groups excluding tert-OH is 4. The summed E-state index contributed by atoms with van der Waals surface area (Å²) in [6.45, 7) is -8.77. The predicted molar refractivity (Wildman–Crippen MR) is 212 cm³/mol. The number of fused-ring (bicyclic) bond motifs is 2. The maximum Gasteiger partial charge on any atom is 0.204 e. The number of nitrogens with zero attached hydrogens (tertiary/aromatic N) is 8. The molecule has 2 fully saturated rings. The zero-order valence-electron chi connectivity index (χ0n) is 30.4. The summed E-state index contributed by atoms with van der Waals surface area (Å²) >= 11 is 17.4. The Morgan fingerprint density at radius 1 is 0.800 bits per heavy atom. The lowest BCUT2D eigenvalue weighted by Gasteiger charge is -2.42. The average Bonchev–Trinajstić information content (AvgIpc) is 3.91. The number of nitrogens with two attached hydrogens (primary N) is 2. The largest absolute Gasteiger partial charge is 0.779 e. The Morgan fingerprint density at radius 2 is 1.22 bits per heavy atom. The minimum atomic E-state index is -6.14. The van der Waals surface area contributed by atoms with Gasteiger partial charge in [-0.25, -0.2) is 29.9 Å². The van der Waals surface area contributed by atoms with Gasteiger partial charge in [-0.2, -0.15) is 0 Å². The Hall–Kier alpha value is -1.14. The molecule has 0 saturated carbocycles. The molecule has 26 nitrogen and oxygen atoms in total. The number of ether oxygens (including phenoxy) is 2. The highest BCUT2D eigenvalue weighted by Gasteiger charge is 2.47. The first-order chi connectivity index (χ1) is 28.0. The fourth-order valence-corrected chi connectivity index (χ4v) is 15.6. The van der Waals surface area contributed by atoms with Gasteiger partial charge in [-0.15, -0.1) is 11.6 Å². The van der Waals surface area contributed by atoms with E-state index >= 15 is 0 Å². The van der Waals surface area contributed by atoms with Crippen molar-refractivity contribution in [3.05, 3.63) is 12.7 Å². The summed E-state index contributed by atoms with van der Waals surface area (Å²) in [4.78, 5) is 60.6. The summed E-state index contributed by atoms with van der Waals surface area (Å²) in [5.41, 5.74) is 12.5. The van der Waals surface area contributed by atoms with Gasteiger partial charge in [0.2, 0.25) is 6.80 Å². The SMILES string of the molecule is CCSc1nc(N)c2ncn([C@@H]3O[C@H](COP(=O)([S-])OP(=O)([O-])C(Cl)P(=O)([O-])OP([O-])(=S)OC[C@H]4O[C@@H](n5cnc6c(N)nc(SCC)nc65)[C@H](O)[C@@H]4O)[C@@H](O)[C@H]3O)c2n1. The molecule has 2 saturated heterocycles. The molecule has 0 aliphatic carbocycles. The highest BCUT2D eigenvalue weighted by Crippen LogP contribution is 2.72. The molecule has 0 bridgehead atoms. The number of hydrogen-bond donors (Lipinski definition) is 6. The quantitative estimate of drug-likeness (QED) is 0.0234. The number of anilines is 2. The molecule has 334 valence electrons. The van der Waals surface area contributed by atoms with Crippen LogP contribution in [0.3, 0.4) is 0 Å². The normalized spacial score (nSPS) is 29.3. The molecule has 6 heterocycles. The second-order valence-electron chi connectivity index (χ2n) is 12.4. The summed E-state index contributed by atoms with van der Waals surface area (Å²) in [6.07, 6.45) is -10.3. The molecular weight excluding hydrogens is 984 g/mol. The van der Waals surface area contributed by atoms with Crippen LogP contribution in [0.1, 0.15) is 26.3 Å². The van der Waals surface area contributed by atoms with Gasteiger partial charge in [-0.3, -0.25) is 22.3 Å². The third kappa shape index (κ3) is 10.4. The monoisotopic (exact) mass is 1020 g/mol. The van der Waals surface area contributed by atoms with Gasteiger partial charge in [-0.1, -0.05) is 49.2 Å². The Kier molecular flexibility index (Phi) is 15.1. The summed E-state index contributed by atoms with van der Waals surface area (Å²) in [5, 5.41) is 43.4. The van der Waals surface area contributed by atoms with Crippen molar-refractivity contribution in [2.45, 2.75) is 78.1 Å². The van der Waals surface area contributed by atoms with Crippen molar-refractivity contribution in [1.29, 1.82) is 0 Å². The van der Waals surface area contributed by atoms with Crippen LogP contribution in [0.5, 0.6) is 0 Å². The molecule has 35 heteroatoms. The van der Waals surface area contributed by atoms with Gasteiger partial charge in [0, 0.05) is 0 Å². The predicted octanol–water partition coefficient (Wildman–Crippen LogP) is -0.772. The lowest BCUT2D eigenvalue weighted by molar-refractivity contribution is -0.221. The van der Waals surface area contributed by atoms with E-state index in [9.17, 15) is 48.8 Å². The second kappa shape index (κ2) is 18.8. The van der Waals surface area contributed by atoms with Gasteiger partial charge in [0.25, 0.3) is 0 Å². The number of aliphatic hydroxyl groups is 4. The number of halogens is 1. The van der Waals surface area contributed by atoms with Crippen molar-refractivity contribution in [3.63, 3.8) is 0 Å². The number of hydrogen-bond acceptors (Lipinski definition) is 28. The highest BCUT2D eigenvalue weighted by atomic mass is 35.5. The minimum Gasteiger partial charge on any atom is -0.779 e. The summed E-state index contributed by atoms with van der Waals surface area (Å²) < 4.78 is 70.9. The van der Waals surface area contributed by atoms with Crippen LogP contribution in [-0.4, -0.2) is 126 Å². The molecule has 0 spiro atoms. The van der Waals surface area contributed by atoms with Crippen molar-refractivity contribution in [1.82, 2.24) is 39.0 Å². The van der Waals surface area contributed by atoms with E-state index in [-0.39, 0.29) is 44.3 Å². The van der Waals surface area contributed by atoms with Crippen molar-refractivity contribution in [2.24, 2.45) is 0 Å². The maximum atomic E-state index is 12.9. The molecule has 13 atom stereocenters. The van der Waals surface area contributed by atoms with Crippen LogP contribution in [0, 0.1) is 0 Å². The van der Waals surface area contributed by atoms with Crippen molar-refractivity contribution < 1.29 is 75.9 Å². The molecule has 60 heavy (non-hydrogen) atoms. The lowest BCUT2D eigenvalue weighted by atomic mass is 10.1. The minimum absolute atomic E-state index is 0.0272. The van der Waals surface area contributed by atoms with Crippen molar-refractivity contribution in [2.75, 3.05) is 36.2 Å². The average molecular weight is 1020 g/mol. The van der Waals surface area contributed by atoms with Crippen LogP contribution >= 0.6 is 63.8 Å². The van der Waals surface area contributed by atoms with E-state index in [1.165, 1.54) is 45.3 Å².